The van der Waals surface area contributed by atoms with Gasteiger partial charge in [0.1, 0.15) is 18.9 Å². The number of carbonyl (C=O) groups is 4. The van der Waals surface area contributed by atoms with Crippen LogP contribution in [0.25, 0.3) is 0 Å². The maximum Gasteiger partial charge on any atom is 0.408 e. The van der Waals surface area contributed by atoms with Crippen molar-refractivity contribution in [1.29, 1.82) is 0 Å². The van der Waals surface area contributed by atoms with E-state index in [-0.39, 0.29) is 36.6 Å². The molecule has 3 aromatic carbocycles. The van der Waals surface area contributed by atoms with E-state index in [9.17, 15) is 19.2 Å². The SMILES string of the molecule is CC(C)CC(NC(=O)OCc1ccccc1)C(=O)NC(CCc1ccccc1)C(=O)c1nc(C(=O)N[C@H](C)c2ccccc2)co1. The van der Waals surface area contributed by atoms with Crippen molar-refractivity contribution < 1.29 is 28.3 Å². The summed E-state index contributed by atoms with van der Waals surface area (Å²) in [7, 11) is 0. The van der Waals surface area contributed by atoms with Gasteiger partial charge in [-0.1, -0.05) is 105 Å². The van der Waals surface area contributed by atoms with E-state index >= 15 is 0 Å². The van der Waals surface area contributed by atoms with E-state index in [4.69, 9.17) is 9.15 Å². The summed E-state index contributed by atoms with van der Waals surface area (Å²) in [6, 6.07) is 25.9. The van der Waals surface area contributed by atoms with Crippen molar-refractivity contribution in [2.24, 2.45) is 5.92 Å². The minimum absolute atomic E-state index is 0.0467. The number of ether oxygens (including phenoxy) is 1. The fraction of sp³-hybridized carbons (Fsp3) is 0.306. The zero-order valence-corrected chi connectivity index (χ0v) is 26.3. The molecule has 0 radical (unpaired) electrons. The number of nitrogens with zero attached hydrogens (tertiary/aromatic N) is 1. The van der Waals surface area contributed by atoms with Gasteiger partial charge in [0.25, 0.3) is 11.8 Å². The third-order valence-corrected chi connectivity index (χ3v) is 7.32. The summed E-state index contributed by atoms with van der Waals surface area (Å²) in [5, 5.41) is 8.30. The molecular formula is C36H40N4O6. The first-order valence-corrected chi connectivity index (χ1v) is 15.4. The molecule has 3 N–H and O–H groups in total. The van der Waals surface area contributed by atoms with E-state index in [1.54, 1.807) is 0 Å². The minimum atomic E-state index is -1.04. The summed E-state index contributed by atoms with van der Waals surface area (Å²) in [5.74, 6) is -1.88. The van der Waals surface area contributed by atoms with Gasteiger partial charge >= 0.3 is 6.09 Å². The van der Waals surface area contributed by atoms with Crippen LogP contribution < -0.4 is 16.0 Å². The predicted molar refractivity (Wildman–Crippen MR) is 173 cm³/mol. The zero-order chi connectivity index (χ0) is 32.9. The summed E-state index contributed by atoms with van der Waals surface area (Å²) in [4.78, 5) is 57.0. The second-order valence-corrected chi connectivity index (χ2v) is 11.5. The number of Topliss-reactive ketones (excluding diaryl/α,β-unsaturated/α-hetero) is 1. The fourth-order valence-corrected chi connectivity index (χ4v) is 4.84. The molecule has 1 aromatic heterocycles. The highest BCUT2D eigenvalue weighted by Gasteiger charge is 2.31. The number of rotatable bonds is 15. The first kappa shape index (κ1) is 33.6. The lowest BCUT2D eigenvalue weighted by Crippen LogP contribution is -2.52. The van der Waals surface area contributed by atoms with Crippen LogP contribution in [0, 0.1) is 5.92 Å². The molecule has 3 atom stereocenters. The number of hydrogen-bond acceptors (Lipinski definition) is 7. The molecule has 0 spiro atoms. The fourth-order valence-electron chi connectivity index (χ4n) is 4.84. The van der Waals surface area contributed by atoms with Gasteiger partial charge in [-0.25, -0.2) is 9.78 Å². The molecule has 240 valence electrons. The Morgan fingerprint density at radius 2 is 1.37 bits per heavy atom. The van der Waals surface area contributed by atoms with Crippen LogP contribution in [0.15, 0.2) is 102 Å². The Labute approximate surface area is 269 Å². The summed E-state index contributed by atoms with van der Waals surface area (Å²) in [5.41, 5.74) is 2.63. The van der Waals surface area contributed by atoms with E-state index in [1.165, 1.54) is 0 Å². The lowest BCUT2D eigenvalue weighted by atomic mass is 9.99. The average Bonchev–Trinajstić information content (AvgIpc) is 3.57. The maximum absolute atomic E-state index is 13.7. The summed E-state index contributed by atoms with van der Waals surface area (Å²) < 4.78 is 10.8. The van der Waals surface area contributed by atoms with Gasteiger partial charge in [-0.2, -0.15) is 0 Å². The lowest BCUT2D eigenvalue weighted by molar-refractivity contribution is -0.124. The van der Waals surface area contributed by atoms with Gasteiger partial charge in [-0.05, 0) is 48.8 Å². The van der Waals surface area contributed by atoms with Crippen molar-refractivity contribution in [3.8, 4) is 0 Å². The number of ketones is 1. The predicted octanol–water partition coefficient (Wildman–Crippen LogP) is 5.81. The van der Waals surface area contributed by atoms with Gasteiger partial charge in [-0.15, -0.1) is 0 Å². The maximum atomic E-state index is 13.7. The summed E-state index contributed by atoms with van der Waals surface area (Å²) in [6.45, 7) is 5.74. The molecule has 0 saturated carbocycles. The third-order valence-electron chi connectivity index (χ3n) is 7.32. The first-order valence-electron chi connectivity index (χ1n) is 15.4. The van der Waals surface area contributed by atoms with Crippen LogP contribution in [-0.2, 0) is 22.6 Å². The molecule has 0 saturated heterocycles. The topological polar surface area (TPSA) is 140 Å². The average molecular weight is 625 g/mol. The standard InChI is InChI=1S/C36H40N4O6/c1-24(2)21-30(40-36(44)46-22-27-15-9-5-10-16-27)33(42)38-29(20-19-26-13-7-4-8-14-26)32(41)35-39-31(23-45-35)34(43)37-25(3)28-17-11-6-12-18-28/h4-18,23-25,29-30H,19-22H2,1-3H3,(H,37,43)(H,38,42)(H,40,44)/t25-,29?,30?/m1/s1. The Morgan fingerprint density at radius 3 is 2.00 bits per heavy atom. The summed E-state index contributed by atoms with van der Waals surface area (Å²) >= 11 is 0. The molecule has 10 nitrogen and oxygen atoms in total. The van der Waals surface area contributed by atoms with E-state index in [1.807, 2.05) is 112 Å². The van der Waals surface area contributed by atoms with Crippen LogP contribution in [0.1, 0.15) is 77.5 Å². The van der Waals surface area contributed by atoms with Gasteiger partial charge in [-0.3, -0.25) is 14.4 Å². The Kier molecular flexibility index (Phi) is 12.2. The molecule has 4 rings (SSSR count). The number of aromatic nitrogens is 1. The van der Waals surface area contributed by atoms with Crippen molar-refractivity contribution in [2.45, 2.75) is 64.8 Å². The summed E-state index contributed by atoms with van der Waals surface area (Å²) in [6.07, 6.45) is 1.40. The van der Waals surface area contributed by atoms with Crippen LogP contribution in [0.2, 0.25) is 0 Å². The Balaban J connectivity index is 1.46. The normalized spacial score (nSPS) is 12.9. The van der Waals surface area contributed by atoms with E-state index < -0.39 is 35.8 Å². The number of hydrogen-bond donors (Lipinski definition) is 3. The molecule has 46 heavy (non-hydrogen) atoms. The number of alkyl carbamates (subject to hydrolysis) is 1. The minimum Gasteiger partial charge on any atom is -0.445 e. The number of carbonyl (C=O) groups excluding carboxylic acids is 4. The second-order valence-electron chi connectivity index (χ2n) is 11.5. The van der Waals surface area contributed by atoms with E-state index in [2.05, 4.69) is 20.9 Å². The van der Waals surface area contributed by atoms with Crippen LogP contribution in [0.5, 0.6) is 0 Å². The Hall–Kier alpha value is -5.25. The van der Waals surface area contributed by atoms with Crippen molar-refractivity contribution in [2.75, 3.05) is 0 Å². The number of nitrogens with one attached hydrogen (secondary N) is 3. The number of benzene rings is 3. The number of amides is 3. The van der Waals surface area contributed by atoms with Crippen LogP contribution >= 0.6 is 0 Å². The molecule has 0 aliphatic rings. The monoisotopic (exact) mass is 624 g/mol. The zero-order valence-electron chi connectivity index (χ0n) is 26.3. The number of oxazole rings is 1. The highest BCUT2D eigenvalue weighted by molar-refractivity contribution is 6.00. The second kappa shape index (κ2) is 16.7. The van der Waals surface area contributed by atoms with Gasteiger partial charge in [0.05, 0.1) is 12.1 Å². The molecule has 1 heterocycles. The molecule has 0 bridgehead atoms. The molecule has 2 unspecified atom stereocenters. The van der Waals surface area contributed by atoms with Crippen molar-refractivity contribution in [3.05, 3.63) is 126 Å². The van der Waals surface area contributed by atoms with Crippen molar-refractivity contribution in [1.82, 2.24) is 20.9 Å². The van der Waals surface area contributed by atoms with E-state index in [0.717, 1.165) is 23.0 Å². The largest absolute Gasteiger partial charge is 0.445 e. The van der Waals surface area contributed by atoms with E-state index in [0.29, 0.717) is 12.8 Å². The molecular weight excluding hydrogens is 584 g/mol. The third kappa shape index (κ3) is 10.2. The quantitative estimate of drug-likeness (QED) is 0.142. The van der Waals surface area contributed by atoms with Crippen molar-refractivity contribution in [3.63, 3.8) is 0 Å². The molecule has 0 fully saturated rings. The highest BCUT2D eigenvalue weighted by Crippen LogP contribution is 2.15. The van der Waals surface area contributed by atoms with Crippen LogP contribution in [-0.4, -0.2) is 40.8 Å². The molecule has 4 aromatic rings. The van der Waals surface area contributed by atoms with Gasteiger partial charge in [0.15, 0.2) is 5.69 Å². The van der Waals surface area contributed by atoms with Gasteiger partial charge in [0, 0.05) is 0 Å². The van der Waals surface area contributed by atoms with Gasteiger partial charge < -0.3 is 25.1 Å². The Morgan fingerprint density at radius 1 is 0.761 bits per heavy atom. The smallest absolute Gasteiger partial charge is 0.408 e. The highest BCUT2D eigenvalue weighted by atomic mass is 16.5. The van der Waals surface area contributed by atoms with Gasteiger partial charge in [0.2, 0.25) is 11.7 Å². The molecule has 10 heteroatoms. The lowest BCUT2D eigenvalue weighted by Gasteiger charge is -2.23. The molecule has 0 aliphatic heterocycles. The molecule has 3 amide bonds. The Bertz CT molecular complexity index is 1570. The van der Waals surface area contributed by atoms with Crippen LogP contribution in [0.4, 0.5) is 4.79 Å². The van der Waals surface area contributed by atoms with Crippen molar-refractivity contribution >= 4 is 23.7 Å². The first-order chi connectivity index (χ1) is 22.2. The number of aryl methyl sites for hydroxylation is 1. The van der Waals surface area contributed by atoms with Crippen LogP contribution in [0.3, 0.4) is 0 Å². The molecule has 0 aliphatic carbocycles.